The van der Waals surface area contributed by atoms with Crippen molar-refractivity contribution in [3.05, 3.63) is 35.9 Å². The van der Waals surface area contributed by atoms with E-state index in [-0.39, 0.29) is 5.91 Å². The van der Waals surface area contributed by atoms with Crippen LogP contribution in [0.2, 0.25) is 0 Å². The summed E-state index contributed by atoms with van der Waals surface area (Å²) in [6.07, 6.45) is 2.61. The smallest absolute Gasteiger partial charge is 0.234 e. The van der Waals surface area contributed by atoms with Crippen molar-refractivity contribution in [2.24, 2.45) is 0 Å². The molecule has 1 amide bonds. The van der Waals surface area contributed by atoms with E-state index >= 15 is 0 Å². The van der Waals surface area contributed by atoms with Crippen molar-refractivity contribution in [1.82, 2.24) is 15.1 Å². The number of carbonyl (C=O) groups is 1. The Kier molecular flexibility index (Phi) is 4.33. The fourth-order valence-electron chi connectivity index (χ4n) is 3.25. The average Bonchev–Trinajstić information content (AvgIpc) is 2.94. The van der Waals surface area contributed by atoms with E-state index in [9.17, 15) is 4.79 Å². The molecule has 2 aliphatic heterocycles. The normalized spacial score (nSPS) is 23.5. The van der Waals surface area contributed by atoms with E-state index in [0.29, 0.717) is 19.1 Å². The monoisotopic (exact) mass is 273 g/mol. The standard InChI is InChI=1S/C16H23N3O/c20-16(17-11-14-5-2-1-3-6-14)13-18-9-10-19-8-4-7-15(19)12-18/h1-3,5-6,15H,4,7-13H2,(H,17,20)/t15-/m0/s1. The number of nitrogens with zero attached hydrogens (tertiary/aromatic N) is 2. The maximum absolute atomic E-state index is 12.0. The van der Waals surface area contributed by atoms with Gasteiger partial charge in [0.15, 0.2) is 0 Å². The number of nitrogens with one attached hydrogen (secondary N) is 1. The molecule has 4 nitrogen and oxygen atoms in total. The molecule has 1 aromatic carbocycles. The summed E-state index contributed by atoms with van der Waals surface area (Å²) in [4.78, 5) is 16.9. The lowest BCUT2D eigenvalue weighted by molar-refractivity contribution is -0.123. The highest BCUT2D eigenvalue weighted by atomic mass is 16.2. The van der Waals surface area contributed by atoms with E-state index in [1.807, 2.05) is 30.3 Å². The molecular weight excluding hydrogens is 250 g/mol. The summed E-state index contributed by atoms with van der Waals surface area (Å²) in [6.45, 7) is 5.61. The first kappa shape index (κ1) is 13.6. The number of rotatable bonds is 4. The van der Waals surface area contributed by atoms with Gasteiger partial charge in [-0.15, -0.1) is 0 Å². The highest BCUT2D eigenvalue weighted by Gasteiger charge is 2.30. The molecule has 2 heterocycles. The minimum absolute atomic E-state index is 0.139. The molecule has 0 spiro atoms. The van der Waals surface area contributed by atoms with Gasteiger partial charge in [-0.05, 0) is 24.9 Å². The SMILES string of the molecule is O=C(CN1CCN2CCC[C@H]2C1)NCc1ccccc1. The van der Waals surface area contributed by atoms with Crippen molar-refractivity contribution in [3.8, 4) is 0 Å². The zero-order valence-corrected chi connectivity index (χ0v) is 11.9. The van der Waals surface area contributed by atoms with Gasteiger partial charge in [0.05, 0.1) is 6.54 Å². The molecule has 0 bridgehead atoms. The Labute approximate surface area is 120 Å². The van der Waals surface area contributed by atoms with Crippen LogP contribution in [-0.2, 0) is 11.3 Å². The van der Waals surface area contributed by atoms with Crippen LogP contribution in [0.25, 0.3) is 0 Å². The highest BCUT2D eigenvalue weighted by Crippen LogP contribution is 2.21. The Bertz CT molecular complexity index is 448. The zero-order valence-electron chi connectivity index (χ0n) is 11.9. The summed E-state index contributed by atoms with van der Waals surface area (Å²) in [5.41, 5.74) is 1.15. The third kappa shape index (κ3) is 3.38. The van der Waals surface area contributed by atoms with Gasteiger partial charge >= 0.3 is 0 Å². The van der Waals surface area contributed by atoms with Gasteiger partial charge in [-0.25, -0.2) is 0 Å². The fraction of sp³-hybridized carbons (Fsp3) is 0.562. The lowest BCUT2D eigenvalue weighted by Crippen LogP contribution is -2.52. The summed E-state index contributed by atoms with van der Waals surface area (Å²) < 4.78 is 0. The molecule has 108 valence electrons. The highest BCUT2D eigenvalue weighted by molar-refractivity contribution is 5.78. The van der Waals surface area contributed by atoms with Gasteiger partial charge in [-0.1, -0.05) is 30.3 Å². The Morgan fingerprint density at radius 2 is 2.05 bits per heavy atom. The number of hydrogen-bond acceptors (Lipinski definition) is 3. The molecule has 1 N–H and O–H groups in total. The predicted molar refractivity (Wildman–Crippen MR) is 79.3 cm³/mol. The number of fused-ring (bicyclic) bond motifs is 1. The summed E-state index contributed by atoms with van der Waals surface area (Å²) in [6, 6.07) is 10.8. The Morgan fingerprint density at radius 3 is 2.90 bits per heavy atom. The summed E-state index contributed by atoms with van der Waals surface area (Å²) in [5.74, 6) is 0.139. The molecular formula is C16H23N3O. The van der Waals surface area contributed by atoms with Gasteiger partial charge in [0, 0.05) is 32.2 Å². The number of hydrogen-bond donors (Lipinski definition) is 1. The Morgan fingerprint density at radius 1 is 1.20 bits per heavy atom. The third-order valence-electron chi connectivity index (χ3n) is 4.37. The second-order valence-electron chi connectivity index (χ2n) is 5.83. The molecule has 4 heteroatoms. The number of piperazine rings is 1. The fourth-order valence-corrected chi connectivity index (χ4v) is 3.25. The van der Waals surface area contributed by atoms with Crippen molar-refractivity contribution in [2.75, 3.05) is 32.7 Å². The minimum atomic E-state index is 0.139. The Hall–Kier alpha value is -1.39. The second-order valence-corrected chi connectivity index (χ2v) is 5.83. The van der Waals surface area contributed by atoms with E-state index in [4.69, 9.17) is 0 Å². The maximum Gasteiger partial charge on any atom is 0.234 e. The van der Waals surface area contributed by atoms with Crippen LogP contribution in [0.15, 0.2) is 30.3 Å². The average molecular weight is 273 g/mol. The van der Waals surface area contributed by atoms with E-state index in [0.717, 1.165) is 25.2 Å². The van der Waals surface area contributed by atoms with Crippen molar-refractivity contribution >= 4 is 5.91 Å². The van der Waals surface area contributed by atoms with E-state index in [1.54, 1.807) is 0 Å². The largest absolute Gasteiger partial charge is 0.351 e. The van der Waals surface area contributed by atoms with Crippen molar-refractivity contribution in [1.29, 1.82) is 0 Å². The maximum atomic E-state index is 12.0. The van der Waals surface area contributed by atoms with Gasteiger partial charge < -0.3 is 5.32 Å². The van der Waals surface area contributed by atoms with Gasteiger partial charge in [-0.3, -0.25) is 14.6 Å². The molecule has 2 fully saturated rings. The van der Waals surface area contributed by atoms with Crippen LogP contribution in [0.3, 0.4) is 0 Å². The summed E-state index contributed by atoms with van der Waals surface area (Å²) in [7, 11) is 0. The third-order valence-corrected chi connectivity index (χ3v) is 4.37. The van der Waals surface area contributed by atoms with Crippen LogP contribution in [-0.4, -0.2) is 54.5 Å². The molecule has 1 aromatic rings. The van der Waals surface area contributed by atoms with Crippen LogP contribution in [0, 0.1) is 0 Å². The van der Waals surface area contributed by atoms with Crippen LogP contribution in [0.4, 0.5) is 0 Å². The molecule has 3 rings (SSSR count). The summed E-state index contributed by atoms with van der Waals surface area (Å²) >= 11 is 0. The molecule has 2 saturated heterocycles. The summed E-state index contributed by atoms with van der Waals surface area (Å²) in [5, 5.41) is 3.01. The quantitative estimate of drug-likeness (QED) is 0.892. The first-order valence-electron chi connectivity index (χ1n) is 7.58. The van der Waals surface area contributed by atoms with Crippen molar-refractivity contribution in [2.45, 2.75) is 25.4 Å². The van der Waals surface area contributed by atoms with Crippen molar-refractivity contribution in [3.63, 3.8) is 0 Å². The zero-order chi connectivity index (χ0) is 13.8. The number of benzene rings is 1. The molecule has 0 saturated carbocycles. The molecule has 2 aliphatic rings. The van der Waals surface area contributed by atoms with Crippen LogP contribution >= 0.6 is 0 Å². The molecule has 0 aliphatic carbocycles. The van der Waals surface area contributed by atoms with Crippen LogP contribution in [0.5, 0.6) is 0 Å². The first-order valence-corrected chi connectivity index (χ1v) is 7.58. The van der Waals surface area contributed by atoms with Gasteiger partial charge in [0.1, 0.15) is 0 Å². The first-order chi connectivity index (χ1) is 9.81. The van der Waals surface area contributed by atoms with Crippen molar-refractivity contribution < 1.29 is 4.79 Å². The van der Waals surface area contributed by atoms with Crippen LogP contribution in [0.1, 0.15) is 18.4 Å². The van der Waals surface area contributed by atoms with Crippen LogP contribution < -0.4 is 5.32 Å². The molecule has 0 unspecified atom stereocenters. The lowest BCUT2D eigenvalue weighted by Gasteiger charge is -2.37. The molecule has 20 heavy (non-hydrogen) atoms. The van der Waals surface area contributed by atoms with Gasteiger partial charge in [0.2, 0.25) is 5.91 Å². The molecule has 0 aromatic heterocycles. The molecule has 0 radical (unpaired) electrons. The van der Waals surface area contributed by atoms with Gasteiger partial charge in [-0.2, -0.15) is 0 Å². The number of amides is 1. The second kappa shape index (κ2) is 6.37. The van der Waals surface area contributed by atoms with E-state index < -0.39 is 0 Å². The lowest BCUT2D eigenvalue weighted by atomic mass is 10.1. The minimum Gasteiger partial charge on any atom is -0.351 e. The van der Waals surface area contributed by atoms with E-state index in [2.05, 4.69) is 15.1 Å². The topological polar surface area (TPSA) is 35.6 Å². The molecule has 1 atom stereocenters. The number of carbonyl (C=O) groups excluding carboxylic acids is 1. The van der Waals surface area contributed by atoms with Gasteiger partial charge in [0.25, 0.3) is 0 Å². The van der Waals surface area contributed by atoms with E-state index in [1.165, 1.54) is 19.4 Å². The predicted octanol–water partition coefficient (Wildman–Crippen LogP) is 1.08. The Balaban J connectivity index is 1.42.